The molecule has 1 atom stereocenters. The van der Waals surface area contributed by atoms with Crippen LogP contribution in [0.25, 0.3) is 0 Å². The maximum Gasteiger partial charge on any atom is 0.242 e. The molecule has 0 fully saturated rings. The van der Waals surface area contributed by atoms with E-state index in [1.54, 1.807) is 43.3 Å². The third-order valence-electron chi connectivity index (χ3n) is 4.11. The minimum Gasteiger partial charge on any atom is -0.395 e. The number of nitrogens with zero attached hydrogens (tertiary/aromatic N) is 1. The van der Waals surface area contributed by atoms with Crippen LogP contribution in [0.4, 0.5) is 0 Å². The van der Waals surface area contributed by atoms with Crippen LogP contribution in [0.2, 0.25) is 10.0 Å². The lowest BCUT2D eigenvalue weighted by Crippen LogP contribution is -2.48. The first-order chi connectivity index (χ1) is 12.9. The largest absolute Gasteiger partial charge is 0.395 e. The zero-order chi connectivity index (χ0) is 19.8. The Morgan fingerprint density at radius 2 is 1.52 bits per heavy atom. The van der Waals surface area contributed by atoms with E-state index in [1.807, 2.05) is 12.1 Å². The fourth-order valence-corrected chi connectivity index (χ4v) is 2.83. The van der Waals surface area contributed by atoms with Crippen LogP contribution < -0.4 is 5.32 Å². The summed E-state index contributed by atoms with van der Waals surface area (Å²) >= 11 is 11.8. The van der Waals surface area contributed by atoms with Crippen LogP contribution >= 0.6 is 23.2 Å². The molecule has 0 spiro atoms. The highest BCUT2D eigenvalue weighted by atomic mass is 35.5. The Balaban J connectivity index is 2.18. The zero-order valence-corrected chi connectivity index (χ0v) is 16.5. The fraction of sp³-hybridized carbons (Fsp3) is 0.300. The summed E-state index contributed by atoms with van der Waals surface area (Å²) in [6, 6.07) is 13.5. The van der Waals surface area contributed by atoms with Crippen molar-refractivity contribution < 1.29 is 14.7 Å². The van der Waals surface area contributed by atoms with E-state index in [9.17, 15) is 9.59 Å². The van der Waals surface area contributed by atoms with Crippen LogP contribution in [0.1, 0.15) is 18.1 Å². The van der Waals surface area contributed by atoms with E-state index in [2.05, 4.69) is 5.32 Å². The van der Waals surface area contributed by atoms with E-state index >= 15 is 0 Å². The number of aliphatic hydroxyl groups is 1. The molecule has 7 heteroatoms. The van der Waals surface area contributed by atoms with Crippen LogP contribution in [0.3, 0.4) is 0 Å². The smallest absolute Gasteiger partial charge is 0.242 e. The molecule has 2 amide bonds. The van der Waals surface area contributed by atoms with Gasteiger partial charge in [0.1, 0.15) is 6.04 Å². The summed E-state index contributed by atoms with van der Waals surface area (Å²) in [5, 5.41) is 12.7. The molecule has 0 aliphatic rings. The molecule has 0 aliphatic carbocycles. The second-order valence-electron chi connectivity index (χ2n) is 6.14. The molecule has 0 aliphatic heterocycles. The molecule has 0 bridgehead atoms. The lowest BCUT2D eigenvalue weighted by Gasteiger charge is -2.29. The number of halogens is 2. The summed E-state index contributed by atoms with van der Waals surface area (Å²) < 4.78 is 0. The van der Waals surface area contributed by atoms with Crippen LogP contribution in [-0.2, 0) is 22.6 Å². The first-order valence-electron chi connectivity index (χ1n) is 8.57. The predicted molar refractivity (Wildman–Crippen MR) is 107 cm³/mol. The second kappa shape index (κ2) is 10.3. The summed E-state index contributed by atoms with van der Waals surface area (Å²) in [6.07, 6.45) is 0.155. The number of hydrogen-bond acceptors (Lipinski definition) is 3. The summed E-state index contributed by atoms with van der Waals surface area (Å²) in [5.41, 5.74) is 1.68. The SMILES string of the molecule is C[C@H](C(=O)NCCO)N(Cc1ccc(Cl)cc1)C(=O)Cc1ccc(Cl)cc1. The van der Waals surface area contributed by atoms with Crippen molar-refractivity contribution in [1.29, 1.82) is 0 Å². The van der Waals surface area contributed by atoms with Crippen LogP contribution in [0.15, 0.2) is 48.5 Å². The normalized spacial score (nSPS) is 11.7. The molecule has 0 aromatic heterocycles. The summed E-state index contributed by atoms with van der Waals surface area (Å²) in [7, 11) is 0. The maximum atomic E-state index is 12.9. The molecule has 27 heavy (non-hydrogen) atoms. The molecule has 0 saturated carbocycles. The van der Waals surface area contributed by atoms with Gasteiger partial charge in [0.2, 0.25) is 11.8 Å². The van der Waals surface area contributed by atoms with Crippen molar-refractivity contribution in [1.82, 2.24) is 10.2 Å². The number of carbonyl (C=O) groups is 2. The van der Waals surface area contributed by atoms with E-state index in [4.69, 9.17) is 28.3 Å². The number of carbonyl (C=O) groups excluding carboxylic acids is 2. The first kappa shape index (κ1) is 21.2. The first-order valence-corrected chi connectivity index (χ1v) is 9.33. The molecular weight excluding hydrogens is 387 g/mol. The van der Waals surface area contributed by atoms with Gasteiger partial charge in [-0.2, -0.15) is 0 Å². The number of rotatable bonds is 8. The van der Waals surface area contributed by atoms with Gasteiger partial charge in [-0.25, -0.2) is 0 Å². The van der Waals surface area contributed by atoms with Crippen molar-refractivity contribution in [3.05, 3.63) is 69.7 Å². The Bertz CT molecular complexity index is 764. The summed E-state index contributed by atoms with van der Waals surface area (Å²) in [4.78, 5) is 26.8. The van der Waals surface area contributed by atoms with E-state index in [0.717, 1.165) is 11.1 Å². The Labute approximate surface area is 168 Å². The Hall–Kier alpha value is -2.08. The third kappa shape index (κ3) is 6.54. The van der Waals surface area contributed by atoms with Crippen molar-refractivity contribution in [2.24, 2.45) is 0 Å². The van der Waals surface area contributed by atoms with Gasteiger partial charge < -0.3 is 15.3 Å². The van der Waals surface area contributed by atoms with Gasteiger partial charge >= 0.3 is 0 Å². The molecule has 0 unspecified atom stereocenters. The van der Waals surface area contributed by atoms with Gasteiger partial charge in [0.05, 0.1) is 13.0 Å². The average Bonchev–Trinajstić information content (AvgIpc) is 2.66. The van der Waals surface area contributed by atoms with Crippen molar-refractivity contribution in [2.45, 2.75) is 25.9 Å². The molecule has 2 aromatic carbocycles. The molecule has 5 nitrogen and oxygen atoms in total. The van der Waals surface area contributed by atoms with Gasteiger partial charge in [-0.15, -0.1) is 0 Å². The number of nitrogens with one attached hydrogen (secondary N) is 1. The highest BCUT2D eigenvalue weighted by Crippen LogP contribution is 2.16. The second-order valence-corrected chi connectivity index (χ2v) is 7.01. The van der Waals surface area contributed by atoms with E-state index in [-0.39, 0.29) is 37.9 Å². The topological polar surface area (TPSA) is 69.6 Å². The molecule has 144 valence electrons. The average molecular weight is 409 g/mol. The monoisotopic (exact) mass is 408 g/mol. The Morgan fingerprint density at radius 3 is 2.04 bits per heavy atom. The van der Waals surface area contributed by atoms with Gasteiger partial charge in [-0.1, -0.05) is 47.5 Å². The standard InChI is InChI=1S/C20H22Cl2N2O3/c1-14(20(27)23-10-11-25)24(13-16-4-8-18(22)9-5-16)19(26)12-15-2-6-17(21)7-3-15/h2-9,14,25H,10-13H2,1H3,(H,23,27)/t14-/m1/s1. The zero-order valence-electron chi connectivity index (χ0n) is 15.0. The van der Waals surface area contributed by atoms with Crippen LogP contribution in [-0.4, -0.2) is 41.0 Å². The lowest BCUT2D eigenvalue weighted by molar-refractivity contribution is -0.140. The van der Waals surface area contributed by atoms with E-state index < -0.39 is 6.04 Å². The highest BCUT2D eigenvalue weighted by Gasteiger charge is 2.26. The minimum absolute atomic E-state index is 0.142. The summed E-state index contributed by atoms with van der Waals surface area (Å²) in [6.45, 7) is 1.93. The highest BCUT2D eigenvalue weighted by molar-refractivity contribution is 6.30. The van der Waals surface area contributed by atoms with Crippen molar-refractivity contribution in [3.63, 3.8) is 0 Å². The number of aliphatic hydroxyl groups excluding tert-OH is 1. The number of benzene rings is 2. The number of amides is 2. The van der Waals surface area contributed by atoms with E-state index in [0.29, 0.717) is 10.0 Å². The van der Waals surface area contributed by atoms with Gasteiger partial charge in [0, 0.05) is 23.1 Å². The molecule has 2 aromatic rings. The van der Waals surface area contributed by atoms with Crippen molar-refractivity contribution in [3.8, 4) is 0 Å². The molecule has 0 saturated heterocycles. The van der Waals surface area contributed by atoms with Crippen LogP contribution in [0, 0.1) is 0 Å². The van der Waals surface area contributed by atoms with Gasteiger partial charge in [0.25, 0.3) is 0 Å². The van der Waals surface area contributed by atoms with Crippen LogP contribution in [0.5, 0.6) is 0 Å². The lowest BCUT2D eigenvalue weighted by atomic mass is 10.1. The maximum absolute atomic E-state index is 12.9. The molecule has 2 rings (SSSR count). The predicted octanol–water partition coefficient (Wildman–Crippen LogP) is 3.06. The third-order valence-corrected chi connectivity index (χ3v) is 4.62. The van der Waals surface area contributed by atoms with Crippen molar-refractivity contribution >= 4 is 35.0 Å². The van der Waals surface area contributed by atoms with Gasteiger partial charge in [-0.05, 0) is 42.3 Å². The Morgan fingerprint density at radius 1 is 1.00 bits per heavy atom. The molecular formula is C20H22Cl2N2O3. The molecule has 0 radical (unpaired) electrons. The quantitative estimate of drug-likeness (QED) is 0.704. The van der Waals surface area contributed by atoms with Gasteiger partial charge in [0.15, 0.2) is 0 Å². The molecule has 2 N–H and O–H groups in total. The minimum atomic E-state index is -0.688. The van der Waals surface area contributed by atoms with Gasteiger partial charge in [-0.3, -0.25) is 9.59 Å². The van der Waals surface area contributed by atoms with Crippen molar-refractivity contribution in [2.75, 3.05) is 13.2 Å². The van der Waals surface area contributed by atoms with E-state index in [1.165, 1.54) is 4.90 Å². The Kier molecular flexibility index (Phi) is 8.10. The fourth-order valence-electron chi connectivity index (χ4n) is 2.57. The number of hydrogen-bond donors (Lipinski definition) is 2. The molecule has 0 heterocycles. The summed E-state index contributed by atoms with van der Waals surface area (Å²) in [5.74, 6) is -0.499.